The molecule has 0 radical (unpaired) electrons. The summed E-state index contributed by atoms with van der Waals surface area (Å²) in [6.45, 7) is 8.06. The first-order valence-electron chi connectivity index (χ1n) is 6.86. The highest BCUT2D eigenvalue weighted by molar-refractivity contribution is 9.08. The average molecular weight is 327 g/mol. The largest absolute Gasteiger partial charge is 0.351 e. The molecular weight excluding hydrogens is 304 g/mol. The van der Waals surface area contributed by atoms with Crippen molar-refractivity contribution in [1.29, 1.82) is 0 Å². The molecule has 1 N–H and O–H groups in total. The lowest BCUT2D eigenvalue weighted by molar-refractivity contribution is 0.0948. The fourth-order valence-electron chi connectivity index (χ4n) is 1.92. The highest BCUT2D eigenvalue weighted by atomic mass is 79.9. The van der Waals surface area contributed by atoms with Crippen LogP contribution in [0.5, 0.6) is 0 Å². The lowest BCUT2D eigenvalue weighted by atomic mass is 10.1. The number of carbonyl (C=O) groups is 1. The van der Waals surface area contributed by atoms with Gasteiger partial charge in [0.2, 0.25) is 0 Å². The molecule has 0 aliphatic carbocycles. The molecule has 0 aliphatic rings. The Kier molecular flexibility index (Phi) is 7.75. The maximum Gasteiger partial charge on any atom is 0.251 e. The maximum absolute atomic E-state index is 11.9. The fraction of sp³-hybridized carbons (Fsp3) is 0.533. The predicted molar refractivity (Wildman–Crippen MR) is 83.8 cm³/mol. The van der Waals surface area contributed by atoms with Gasteiger partial charge in [0.25, 0.3) is 5.91 Å². The fourth-order valence-corrected chi connectivity index (χ4v) is 2.29. The van der Waals surface area contributed by atoms with Gasteiger partial charge >= 0.3 is 0 Å². The van der Waals surface area contributed by atoms with Crippen LogP contribution in [0, 0.1) is 0 Å². The van der Waals surface area contributed by atoms with Gasteiger partial charge in [-0.1, -0.05) is 41.9 Å². The molecule has 1 rings (SSSR count). The number of benzene rings is 1. The zero-order valence-corrected chi connectivity index (χ0v) is 13.4. The van der Waals surface area contributed by atoms with Crippen LogP contribution in [0.3, 0.4) is 0 Å². The molecule has 0 fully saturated rings. The molecule has 1 amide bonds. The van der Waals surface area contributed by atoms with E-state index >= 15 is 0 Å². The van der Waals surface area contributed by atoms with Crippen LogP contribution >= 0.6 is 15.9 Å². The van der Waals surface area contributed by atoms with E-state index in [1.807, 2.05) is 24.3 Å². The molecule has 4 heteroatoms. The monoisotopic (exact) mass is 326 g/mol. The van der Waals surface area contributed by atoms with E-state index in [2.05, 4.69) is 40.0 Å². The van der Waals surface area contributed by atoms with Crippen molar-refractivity contribution in [3.05, 3.63) is 35.4 Å². The van der Waals surface area contributed by atoms with Gasteiger partial charge in [-0.25, -0.2) is 0 Å². The summed E-state index contributed by atoms with van der Waals surface area (Å²) in [6.07, 6.45) is 1.15. The van der Waals surface area contributed by atoms with Crippen molar-refractivity contribution >= 4 is 21.8 Å². The second kappa shape index (κ2) is 9.10. The van der Waals surface area contributed by atoms with Gasteiger partial charge in [-0.2, -0.15) is 0 Å². The zero-order chi connectivity index (χ0) is 14.1. The molecule has 0 heterocycles. The number of nitrogens with zero attached hydrogens (tertiary/aromatic N) is 1. The molecule has 1 aromatic rings. The van der Waals surface area contributed by atoms with Crippen molar-refractivity contribution in [3.8, 4) is 0 Å². The van der Waals surface area contributed by atoms with Crippen LogP contribution < -0.4 is 5.32 Å². The number of rotatable bonds is 8. The van der Waals surface area contributed by atoms with Crippen LogP contribution in [0.1, 0.15) is 36.2 Å². The third-order valence-corrected chi connectivity index (χ3v) is 3.72. The summed E-state index contributed by atoms with van der Waals surface area (Å²) in [5, 5.41) is 3.78. The Morgan fingerprint density at radius 2 is 1.89 bits per heavy atom. The summed E-state index contributed by atoms with van der Waals surface area (Å²) in [5.74, 6) is 0.00803. The molecule has 0 atom stereocenters. The minimum absolute atomic E-state index is 0.00803. The Balaban J connectivity index is 2.37. The summed E-state index contributed by atoms with van der Waals surface area (Å²) in [4.78, 5) is 14.3. The first-order chi connectivity index (χ1) is 9.21. The van der Waals surface area contributed by atoms with Crippen molar-refractivity contribution in [2.24, 2.45) is 0 Å². The van der Waals surface area contributed by atoms with Crippen molar-refractivity contribution in [2.75, 3.05) is 26.2 Å². The van der Waals surface area contributed by atoms with Gasteiger partial charge < -0.3 is 10.2 Å². The average Bonchev–Trinajstić information content (AvgIpc) is 2.46. The number of hydrogen-bond donors (Lipinski definition) is 1. The number of carbonyl (C=O) groups excluding carboxylic acids is 1. The van der Waals surface area contributed by atoms with Crippen LogP contribution in [0.25, 0.3) is 0 Å². The van der Waals surface area contributed by atoms with Gasteiger partial charge in [-0.05, 0) is 37.2 Å². The van der Waals surface area contributed by atoms with Crippen molar-refractivity contribution < 1.29 is 4.79 Å². The summed E-state index contributed by atoms with van der Waals surface area (Å²) in [6, 6.07) is 7.68. The highest BCUT2D eigenvalue weighted by Gasteiger charge is 2.06. The molecular formula is C15H23BrN2O. The first-order valence-corrected chi connectivity index (χ1v) is 7.98. The van der Waals surface area contributed by atoms with E-state index in [0.717, 1.165) is 36.9 Å². The lowest BCUT2D eigenvalue weighted by Crippen LogP contribution is -2.35. The Hall–Kier alpha value is -0.870. The van der Waals surface area contributed by atoms with E-state index in [9.17, 15) is 4.79 Å². The molecule has 0 saturated heterocycles. The van der Waals surface area contributed by atoms with Gasteiger partial charge in [0.05, 0.1) is 0 Å². The number of halogens is 1. The number of hydrogen-bond acceptors (Lipinski definition) is 2. The normalized spacial score (nSPS) is 10.7. The number of alkyl halides is 1. The third kappa shape index (κ3) is 5.74. The second-order valence-electron chi connectivity index (χ2n) is 4.52. The molecule has 3 nitrogen and oxygen atoms in total. The van der Waals surface area contributed by atoms with Gasteiger partial charge in [0.1, 0.15) is 0 Å². The summed E-state index contributed by atoms with van der Waals surface area (Å²) < 4.78 is 0. The van der Waals surface area contributed by atoms with Gasteiger partial charge in [-0.15, -0.1) is 0 Å². The van der Waals surface area contributed by atoms with Crippen LogP contribution in [-0.2, 0) is 5.33 Å². The van der Waals surface area contributed by atoms with E-state index in [1.54, 1.807) is 0 Å². The van der Waals surface area contributed by atoms with Crippen LogP contribution in [-0.4, -0.2) is 37.0 Å². The van der Waals surface area contributed by atoms with Gasteiger partial charge in [0, 0.05) is 24.0 Å². The molecule has 106 valence electrons. The Morgan fingerprint density at radius 3 is 2.42 bits per heavy atom. The Bertz CT molecular complexity index is 378. The lowest BCUT2D eigenvalue weighted by Gasteiger charge is -2.19. The summed E-state index contributed by atoms with van der Waals surface area (Å²) >= 11 is 3.39. The van der Waals surface area contributed by atoms with Crippen LogP contribution in [0.4, 0.5) is 0 Å². The molecule has 0 aliphatic heterocycles. The van der Waals surface area contributed by atoms with E-state index in [0.29, 0.717) is 6.54 Å². The molecule has 1 aromatic carbocycles. The highest BCUT2D eigenvalue weighted by Crippen LogP contribution is 2.07. The molecule has 0 unspecified atom stereocenters. The minimum atomic E-state index is 0.00803. The van der Waals surface area contributed by atoms with Crippen LogP contribution in [0.15, 0.2) is 24.3 Å². The zero-order valence-electron chi connectivity index (χ0n) is 11.8. The van der Waals surface area contributed by atoms with Gasteiger partial charge in [0.15, 0.2) is 0 Å². The first kappa shape index (κ1) is 16.2. The van der Waals surface area contributed by atoms with E-state index in [1.165, 1.54) is 5.56 Å². The molecule has 0 aromatic heterocycles. The third-order valence-electron chi connectivity index (χ3n) is 3.07. The maximum atomic E-state index is 11.9. The van der Waals surface area contributed by atoms with E-state index < -0.39 is 0 Å². The summed E-state index contributed by atoms with van der Waals surface area (Å²) in [7, 11) is 0. The molecule has 0 spiro atoms. The summed E-state index contributed by atoms with van der Waals surface area (Å²) in [5.41, 5.74) is 1.90. The van der Waals surface area contributed by atoms with Crippen molar-refractivity contribution in [2.45, 2.75) is 25.6 Å². The molecule has 19 heavy (non-hydrogen) atoms. The standard InChI is InChI=1S/C15H23BrN2O/c1-3-10-18(4-2)11-9-17-15(19)14-7-5-13(12-16)6-8-14/h5-8H,3-4,9-12H2,1-2H3,(H,17,19). The van der Waals surface area contributed by atoms with E-state index in [-0.39, 0.29) is 5.91 Å². The molecule has 0 bridgehead atoms. The van der Waals surface area contributed by atoms with Crippen molar-refractivity contribution in [1.82, 2.24) is 10.2 Å². The Morgan fingerprint density at radius 1 is 1.21 bits per heavy atom. The smallest absolute Gasteiger partial charge is 0.251 e. The number of amides is 1. The minimum Gasteiger partial charge on any atom is -0.351 e. The SMILES string of the molecule is CCCN(CC)CCNC(=O)c1ccc(CBr)cc1. The molecule has 0 saturated carbocycles. The van der Waals surface area contributed by atoms with E-state index in [4.69, 9.17) is 0 Å². The quantitative estimate of drug-likeness (QED) is 0.745. The predicted octanol–water partition coefficient (Wildman–Crippen LogP) is 3.04. The Labute approximate surface area is 124 Å². The van der Waals surface area contributed by atoms with Gasteiger partial charge in [-0.3, -0.25) is 4.79 Å². The topological polar surface area (TPSA) is 32.3 Å². The van der Waals surface area contributed by atoms with Crippen LogP contribution in [0.2, 0.25) is 0 Å². The van der Waals surface area contributed by atoms with Crippen molar-refractivity contribution in [3.63, 3.8) is 0 Å². The number of likely N-dealkylation sites (N-methyl/N-ethyl adjacent to an activating group) is 1. The number of nitrogens with one attached hydrogen (secondary N) is 1. The second-order valence-corrected chi connectivity index (χ2v) is 5.08.